The van der Waals surface area contributed by atoms with Gasteiger partial charge >= 0.3 is 0 Å². The van der Waals surface area contributed by atoms with Crippen molar-refractivity contribution >= 4 is 65.0 Å². The van der Waals surface area contributed by atoms with Gasteiger partial charge in [-0.05, 0) is 105 Å². The Kier molecular flexibility index (Phi) is 26.1. The van der Waals surface area contributed by atoms with Crippen LogP contribution in [0.3, 0.4) is 0 Å². The van der Waals surface area contributed by atoms with E-state index in [9.17, 15) is 53.1 Å². The number of methoxy groups -OCH3 is 1. The molecule has 26 nitrogen and oxygen atoms in total. The molecule has 0 saturated carbocycles. The standard InChI is InChI=1S/C54H76N14O12/c1-80-36-21-16-34(17-22-36)30-40(62-46(72)25-18-32-14-19-35(69)20-15-32)49(75)66-41(29-33-9-3-2-4-10-33)50(76)64-38(23-24-44(56)70)48(74)67-42(31-45(57)71)51(77)65-39(12-7-27-61-54(59)60)53(79)68-28-8-13-43(68)52(78)63-37(47(58)73)11-5-6-26-55/h2-4,9-10,14-17,19-22,37-43,69H,5-8,11-13,18,23-31,55H2,1H3,(H2,56,70)(H2,57,71)(H2,58,73)(H,62,72)(H,63,78)(H,64,76)(H,65,77)(H,66,75)(H,67,74)(H4,59,60,61)/t37-,38-,39-,40+,41-,42-,43-/m0/s1. The van der Waals surface area contributed by atoms with Gasteiger partial charge in [0, 0.05) is 38.8 Å². The average molecular weight is 1110 g/mol. The first-order valence-electron chi connectivity index (χ1n) is 26.4. The van der Waals surface area contributed by atoms with Gasteiger partial charge < -0.3 is 81.0 Å². The molecular formula is C54H76N14O12. The quantitative estimate of drug-likeness (QED) is 0.0167. The van der Waals surface area contributed by atoms with Crippen LogP contribution in [0.5, 0.6) is 11.5 Å². The second kappa shape index (κ2) is 32.8. The summed E-state index contributed by atoms with van der Waals surface area (Å²) in [5.41, 5.74) is 35.2. The molecule has 80 heavy (non-hydrogen) atoms. The number of carbonyl (C=O) groups is 10. The topological polar surface area (TPSA) is 444 Å². The summed E-state index contributed by atoms with van der Waals surface area (Å²) >= 11 is 0. The van der Waals surface area contributed by atoms with E-state index in [1.165, 1.54) is 24.1 Å². The number of ether oxygens (including phenoxy) is 1. The van der Waals surface area contributed by atoms with Crippen LogP contribution < -0.4 is 71.0 Å². The van der Waals surface area contributed by atoms with Gasteiger partial charge in [0.25, 0.3) is 0 Å². The first-order chi connectivity index (χ1) is 38.2. The number of aryl methyl sites for hydroxylation is 1. The van der Waals surface area contributed by atoms with Crippen molar-refractivity contribution in [2.45, 2.75) is 132 Å². The number of phenols is 1. The molecule has 1 saturated heterocycles. The zero-order chi connectivity index (χ0) is 58.7. The number of primary amides is 3. The zero-order valence-electron chi connectivity index (χ0n) is 44.9. The Morgan fingerprint density at radius 1 is 0.613 bits per heavy atom. The maximum absolute atomic E-state index is 14.5. The number of likely N-dealkylation sites (tertiary alicyclic amines) is 1. The highest BCUT2D eigenvalue weighted by molar-refractivity contribution is 5.99. The van der Waals surface area contributed by atoms with Crippen molar-refractivity contribution in [1.29, 1.82) is 0 Å². The molecule has 10 amide bonds. The van der Waals surface area contributed by atoms with E-state index in [0.29, 0.717) is 42.7 Å². The number of nitrogens with two attached hydrogens (primary N) is 6. The molecule has 0 radical (unpaired) electrons. The number of carbonyl (C=O) groups excluding carboxylic acids is 10. The molecule has 4 rings (SSSR count). The third-order valence-electron chi connectivity index (χ3n) is 13.1. The van der Waals surface area contributed by atoms with Gasteiger partial charge in [0.15, 0.2) is 5.96 Å². The minimum absolute atomic E-state index is 0.0173. The number of unbranched alkanes of at least 4 members (excludes halogenated alkanes) is 1. The zero-order valence-corrected chi connectivity index (χ0v) is 44.9. The van der Waals surface area contributed by atoms with Crippen LogP contribution in [0.4, 0.5) is 0 Å². The van der Waals surface area contributed by atoms with Gasteiger partial charge in [-0.25, -0.2) is 0 Å². The first-order valence-corrected chi connectivity index (χ1v) is 26.4. The van der Waals surface area contributed by atoms with Gasteiger partial charge in [-0.15, -0.1) is 0 Å². The number of aliphatic imine (C=N–C) groups is 1. The fourth-order valence-corrected chi connectivity index (χ4v) is 8.82. The predicted molar refractivity (Wildman–Crippen MR) is 294 cm³/mol. The lowest BCUT2D eigenvalue weighted by Crippen LogP contribution is -2.60. The summed E-state index contributed by atoms with van der Waals surface area (Å²) in [6.07, 6.45) is 0.225. The van der Waals surface area contributed by atoms with E-state index in [4.69, 9.17) is 39.1 Å². The van der Waals surface area contributed by atoms with Crippen LogP contribution in [0.25, 0.3) is 0 Å². The highest BCUT2D eigenvalue weighted by Crippen LogP contribution is 2.21. The Labute approximate surface area is 463 Å². The van der Waals surface area contributed by atoms with Crippen LogP contribution >= 0.6 is 0 Å². The summed E-state index contributed by atoms with van der Waals surface area (Å²) in [6, 6.07) is 12.0. The second-order valence-electron chi connectivity index (χ2n) is 19.3. The van der Waals surface area contributed by atoms with Crippen LogP contribution in [-0.4, -0.2) is 144 Å². The largest absolute Gasteiger partial charge is 0.508 e. The number of benzene rings is 3. The van der Waals surface area contributed by atoms with E-state index >= 15 is 0 Å². The molecule has 0 aliphatic carbocycles. The lowest BCUT2D eigenvalue weighted by molar-refractivity contribution is -0.142. The number of guanidine groups is 1. The van der Waals surface area contributed by atoms with E-state index < -0.39 is 121 Å². The maximum atomic E-state index is 14.5. The van der Waals surface area contributed by atoms with Crippen molar-refractivity contribution in [3.05, 3.63) is 95.6 Å². The van der Waals surface area contributed by atoms with Gasteiger partial charge in [0.05, 0.1) is 13.5 Å². The fourth-order valence-electron chi connectivity index (χ4n) is 8.82. The molecule has 0 aromatic heterocycles. The molecule has 0 unspecified atom stereocenters. The normalized spacial score (nSPS) is 15.0. The number of aromatic hydroxyl groups is 1. The lowest BCUT2D eigenvalue weighted by Gasteiger charge is -2.30. The summed E-state index contributed by atoms with van der Waals surface area (Å²) in [5, 5.41) is 25.4. The number of hydrogen-bond acceptors (Lipinski definition) is 14. The number of rotatable bonds is 34. The number of nitrogens with one attached hydrogen (secondary N) is 6. The van der Waals surface area contributed by atoms with Crippen LogP contribution in [0.15, 0.2) is 83.9 Å². The molecule has 26 heteroatoms. The molecule has 19 N–H and O–H groups in total. The molecule has 1 fully saturated rings. The number of hydrogen-bond donors (Lipinski definition) is 13. The Hall–Kier alpha value is -8.81. The summed E-state index contributed by atoms with van der Waals surface area (Å²) in [6.45, 7) is 0.460. The van der Waals surface area contributed by atoms with Crippen molar-refractivity contribution < 1.29 is 57.8 Å². The van der Waals surface area contributed by atoms with Gasteiger partial charge in [-0.1, -0.05) is 54.6 Å². The smallest absolute Gasteiger partial charge is 0.245 e. The van der Waals surface area contributed by atoms with Gasteiger partial charge in [0.2, 0.25) is 59.1 Å². The van der Waals surface area contributed by atoms with E-state index in [1.807, 2.05) is 0 Å². The minimum atomic E-state index is -1.79. The Bertz CT molecular complexity index is 2620. The Morgan fingerprint density at radius 2 is 1.18 bits per heavy atom. The number of phenolic OH excluding ortho intramolecular Hbond substituents is 1. The molecule has 1 heterocycles. The van der Waals surface area contributed by atoms with E-state index in [2.05, 4.69) is 36.9 Å². The van der Waals surface area contributed by atoms with Crippen LogP contribution in [-0.2, 0) is 67.2 Å². The van der Waals surface area contributed by atoms with Gasteiger partial charge in [0.1, 0.15) is 53.8 Å². The van der Waals surface area contributed by atoms with Crippen molar-refractivity contribution in [2.24, 2.45) is 39.4 Å². The Morgan fingerprint density at radius 3 is 1.77 bits per heavy atom. The summed E-state index contributed by atoms with van der Waals surface area (Å²) in [5.74, 6) is -8.09. The van der Waals surface area contributed by atoms with Crippen LogP contribution in [0, 0.1) is 0 Å². The first kappa shape index (κ1) is 63.7. The van der Waals surface area contributed by atoms with Crippen molar-refractivity contribution in [2.75, 3.05) is 26.7 Å². The molecule has 434 valence electrons. The molecule has 1 aliphatic heterocycles. The van der Waals surface area contributed by atoms with Gasteiger partial charge in [-0.3, -0.25) is 52.9 Å². The third-order valence-corrected chi connectivity index (χ3v) is 13.1. The van der Waals surface area contributed by atoms with Gasteiger partial charge in [-0.2, -0.15) is 0 Å². The van der Waals surface area contributed by atoms with E-state index in [0.717, 1.165) is 5.56 Å². The minimum Gasteiger partial charge on any atom is -0.508 e. The van der Waals surface area contributed by atoms with Crippen molar-refractivity contribution in [1.82, 2.24) is 36.8 Å². The average Bonchev–Trinajstić information content (AvgIpc) is 3.94. The molecule has 0 spiro atoms. The van der Waals surface area contributed by atoms with E-state index in [1.54, 1.807) is 66.7 Å². The number of amides is 10. The molecule has 3 aromatic rings. The molecule has 7 atom stereocenters. The van der Waals surface area contributed by atoms with Crippen LogP contribution in [0.1, 0.15) is 87.3 Å². The Balaban J connectivity index is 1.60. The predicted octanol–water partition coefficient (Wildman–Crippen LogP) is -2.47. The second-order valence-corrected chi connectivity index (χ2v) is 19.3. The monoisotopic (exact) mass is 1110 g/mol. The van der Waals surface area contributed by atoms with E-state index in [-0.39, 0.29) is 76.2 Å². The molecule has 1 aliphatic rings. The molecule has 3 aromatic carbocycles. The fraction of sp³-hybridized carbons (Fsp3) is 0.463. The summed E-state index contributed by atoms with van der Waals surface area (Å²) in [4.78, 5) is 141. The molecular weight excluding hydrogens is 1040 g/mol. The highest BCUT2D eigenvalue weighted by atomic mass is 16.5. The lowest BCUT2D eigenvalue weighted by atomic mass is 10.0. The highest BCUT2D eigenvalue weighted by Gasteiger charge is 2.40. The van der Waals surface area contributed by atoms with Crippen LogP contribution in [0.2, 0.25) is 0 Å². The molecule has 0 bridgehead atoms. The van der Waals surface area contributed by atoms with Crippen molar-refractivity contribution in [3.8, 4) is 11.5 Å². The summed E-state index contributed by atoms with van der Waals surface area (Å²) < 4.78 is 5.28. The SMILES string of the molecule is COc1ccc(C[C@@H](NC(=O)CCc2ccc(O)cc2)C(=O)N[C@@H](Cc2ccccc2)C(=O)N[C@@H](CCC(N)=O)C(=O)N[C@@H](CC(N)=O)C(=O)N[C@@H](CCCN=C(N)N)C(=O)N2CCC[C@H]2C(=O)N[C@@H](CCCCN)C(N)=O)cc1. The van der Waals surface area contributed by atoms with Crippen molar-refractivity contribution in [3.63, 3.8) is 0 Å². The summed E-state index contributed by atoms with van der Waals surface area (Å²) in [7, 11) is 1.49. The maximum Gasteiger partial charge on any atom is 0.245 e. The number of nitrogens with zero attached hydrogens (tertiary/aromatic N) is 2. The third kappa shape index (κ3) is 21.9.